The van der Waals surface area contributed by atoms with Crippen LogP contribution < -0.4 is 5.73 Å². The molecule has 112 valence electrons. The maximum absolute atomic E-state index is 12.5. The van der Waals surface area contributed by atoms with Crippen LogP contribution in [-0.2, 0) is 4.79 Å². The molecule has 0 radical (unpaired) electrons. The van der Waals surface area contributed by atoms with Gasteiger partial charge < -0.3 is 15.1 Å². The predicted molar refractivity (Wildman–Crippen MR) is 82.7 cm³/mol. The lowest BCUT2D eigenvalue weighted by molar-refractivity contribution is -0.136. The SMILES string of the molecule is CC(c1cc2ccccc2o1)N(C)C(=O)C1CCC(N)C1. The van der Waals surface area contributed by atoms with E-state index in [2.05, 4.69) is 0 Å². The van der Waals surface area contributed by atoms with E-state index in [0.717, 1.165) is 36.0 Å². The van der Waals surface area contributed by atoms with Gasteiger partial charge in [0, 0.05) is 24.4 Å². The number of para-hydroxylation sites is 1. The van der Waals surface area contributed by atoms with Crippen LogP contribution in [0.1, 0.15) is 38.0 Å². The second-order valence-electron chi connectivity index (χ2n) is 6.08. The fraction of sp³-hybridized carbons (Fsp3) is 0.471. The Morgan fingerprint density at radius 3 is 2.81 bits per heavy atom. The third-order valence-corrected chi connectivity index (χ3v) is 4.61. The molecule has 0 bridgehead atoms. The van der Waals surface area contributed by atoms with Crippen LogP contribution in [0, 0.1) is 5.92 Å². The van der Waals surface area contributed by atoms with E-state index in [0.29, 0.717) is 0 Å². The van der Waals surface area contributed by atoms with Gasteiger partial charge in [0.1, 0.15) is 11.3 Å². The molecule has 2 N–H and O–H groups in total. The molecule has 3 atom stereocenters. The molecular formula is C17H22N2O2. The molecule has 1 saturated carbocycles. The van der Waals surface area contributed by atoms with E-state index in [1.807, 2.05) is 44.3 Å². The predicted octanol–water partition coefficient (Wildman–Crippen LogP) is 3.08. The minimum absolute atomic E-state index is 0.0665. The Labute approximate surface area is 124 Å². The van der Waals surface area contributed by atoms with E-state index in [1.54, 1.807) is 4.90 Å². The molecule has 1 aromatic carbocycles. The zero-order valence-electron chi connectivity index (χ0n) is 12.6. The highest BCUT2D eigenvalue weighted by Crippen LogP contribution is 2.31. The summed E-state index contributed by atoms with van der Waals surface area (Å²) in [5, 5.41) is 1.07. The first-order valence-electron chi connectivity index (χ1n) is 7.57. The van der Waals surface area contributed by atoms with Crippen molar-refractivity contribution in [2.75, 3.05) is 7.05 Å². The van der Waals surface area contributed by atoms with Gasteiger partial charge in [0.2, 0.25) is 5.91 Å². The summed E-state index contributed by atoms with van der Waals surface area (Å²) in [6.45, 7) is 2.00. The van der Waals surface area contributed by atoms with E-state index in [9.17, 15) is 4.79 Å². The van der Waals surface area contributed by atoms with Gasteiger partial charge in [-0.25, -0.2) is 0 Å². The molecule has 1 amide bonds. The smallest absolute Gasteiger partial charge is 0.226 e. The number of nitrogens with zero attached hydrogens (tertiary/aromatic N) is 1. The highest BCUT2D eigenvalue weighted by Gasteiger charge is 2.32. The molecule has 4 heteroatoms. The molecule has 3 rings (SSSR count). The first-order valence-corrected chi connectivity index (χ1v) is 7.57. The third kappa shape index (κ3) is 2.68. The van der Waals surface area contributed by atoms with Crippen molar-refractivity contribution in [3.05, 3.63) is 36.1 Å². The minimum Gasteiger partial charge on any atom is -0.459 e. The van der Waals surface area contributed by atoms with Gasteiger partial charge in [-0.1, -0.05) is 18.2 Å². The molecule has 2 aromatic rings. The Hall–Kier alpha value is -1.81. The maximum atomic E-state index is 12.5. The van der Waals surface area contributed by atoms with Gasteiger partial charge in [-0.05, 0) is 38.3 Å². The fourth-order valence-corrected chi connectivity index (χ4v) is 3.12. The van der Waals surface area contributed by atoms with E-state index in [1.165, 1.54) is 0 Å². The molecule has 1 fully saturated rings. The molecule has 3 unspecified atom stereocenters. The molecular weight excluding hydrogens is 264 g/mol. The van der Waals surface area contributed by atoms with Crippen LogP contribution in [0.2, 0.25) is 0 Å². The topological polar surface area (TPSA) is 59.5 Å². The van der Waals surface area contributed by atoms with Gasteiger partial charge in [-0.15, -0.1) is 0 Å². The standard InChI is InChI=1S/C17H22N2O2/c1-11(16-10-12-5-3-4-6-15(12)21-16)19(2)17(20)13-7-8-14(18)9-13/h3-6,10-11,13-14H,7-9,18H2,1-2H3. The Morgan fingerprint density at radius 2 is 2.14 bits per heavy atom. The number of rotatable bonds is 3. The van der Waals surface area contributed by atoms with Crippen LogP contribution in [0.25, 0.3) is 11.0 Å². The summed E-state index contributed by atoms with van der Waals surface area (Å²) in [6, 6.07) is 10.0. The normalized spacial score (nSPS) is 23.4. The van der Waals surface area contributed by atoms with Gasteiger partial charge in [-0.3, -0.25) is 4.79 Å². The molecule has 1 aliphatic carbocycles. The van der Waals surface area contributed by atoms with Crippen LogP contribution in [0.5, 0.6) is 0 Å². The van der Waals surface area contributed by atoms with E-state index >= 15 is 0 Å². The summed E-state index contributed by atoms with van der Waals surface area (Å²) in [5.74, 6) is 1.07. The van der Waals surface area contributed by atoms with Crippen LogP contribution in [0.3, 0.4) is 0 Å². The molecule has 0 aliphatic heterocycles. The number of benzene rings is 1. The lowest BCUT2D eigenvalue weighted by Gasteiger charge is -2.26. The lowest BCUT2D eigenvalue weighted by atomic mass is 10.0. The number of hydrogen-bond acceptors (Lipinski definition) is 3. The maximum Gasteiger partial charge on any atom is 0.226 e. The number of carbonyl (C=O) groups excluding carboxylic acids is 1. The Bertz CT molecular complexity index is 616. The van der Waals surface area contributed by atoms with Crippen LogP contribution >= 0.6 is 0 Å². The monoisotopic (exact) mass is 286 g/mol. The van der Waals surface area contributed by atoms with Crippen molar-refractivity contribution in [2.45, 2.75) is 38.3 Å². The summed E-state index contributed by atoms with van der Waals surface area (Å²) < 4.78 is 5.87. The summed E-state index contributed by atoms with van der Waals surface area (Å²) in [6.07, 6.45) is 2.65. The number of nitrogens with two attached hydrogens (primary N) is 1. The van der Waals surface area contributed by atoms with Crippen molar-refractivity contribution in [3.8, 4) is 0 Å². The average Bonchev–Trinajstić information content (AvgIpc) is 3.10. The molecule has 0 saturated heterocycles. The van der Waals surface area contributed by atoms with Crippen LogP contribution in [0.15, 0.2) is 34.7 Å². The first-order chi connectivity index (χ1) is 10.1. The number of fused-ring (bicyclic) bond motifs is 1. The van der Waals surface area contributed by atoms with Crippen molar-refractivity contribution in [2.24, 2.45) is 11.7 Å². The number of carbonyl (C=O) groups is 1. The van der Waals surface area contributed by atoms with Crippen molar-refractivity contribution < 1.29 is 9.21 Å². The van der Waals surface area contributed by atoms with Gasteiger partial charge in [-0.2, -0.15) is 0 Å². The second kappa shape index (κ2) is 5.53. The molecule has 0 spiro atoms. The molecule has 4 nitrogen and oxygen atoms in total. The molecule has 1 aliphatic rings. The Kier molecular flexibility index (Phi) is 3.72. The zero-order chi connectivity index (χ0) is 15.0. The van der Waals surface area contributed by atoms with Gasteiger partial charge in [0.15, 0.2) is 0 Å². The van der Waals surface area contributed by atoms with E-state index in [4.69, 9.17) is 10.2 Å². The highest BCUT2D eigenvalue weighted by atomic mass is 16.3. The van der Waals surface area contributed by atoms with Crippen molar-refractivity contribution in [1.29, 1.82) is 0 Å². The Morgan fingerprint density at radius 1 is 1.38 bits per heavy atom. The van der Waals surface area contributed by atoms with Gasteiger partial charge >= 0.3 is 0 Å². The highest BCUT2D eigenvalue weighted by molar-refractivity contribution is 5.80. The van der Waals surface area contributed by atoms with Crippen LogP contribution in [0.4, 0.5) is 0 Å². The Balaban J connectivity index is 1.77. The van der Waals surface area contributed by atoms with Crippen molar-refractivity contribution in [1.82, 2.24) is 4.90 Å². The average molecular weight is 286 g/mol. The molecule has 21 heavy (non-hydrogen) atoms. The first kappa shape index (κ1) is 14.1. The quantitative estimate of drug-likeness (QED) is 0.943. The third-order valence-electron chi connectivity index (χ3n) is 4.61. The number of furan rings is 1. The zero-order valence-corrected chi connectivity index (χ0v) is 12.6. The largest absolute Gasteiger partial charge is 0.459 e. The molecule has 1 heterocycles. The summed E-state index contributed by atoms with van der Waals surface area (Å²) in [5.41, 5.74) is 6.78. The summed E-state index contributed by atoms with van der Waals surface area (Å²) in [7, 11) is 1.85. The van der Waals surface area contributed by atoms with Gasteiger partial charge in [0.05, 0.1) is 6.04 Å². The minimum atomic E-state index is -0.0678. The second-order valence-corrected chi connectivity index (χ2v) is 6.08. The summed E-state index contributed by atoms with van der Waals surface area (Å²) >= 11 is 0. The van der Waals surface area contributed by atoms with Gasteiger partial charge in [0.25, 0.3) is 0 Å². The van der Waals surface area contributed by atoms with E-state index in [-0.39, 0.29) is 23.9 Å². The number of amides is 1. The van der Waals surface area contributed by atoms with E-state index < -0.39 is 0 Å². The number of hydrogen-bond donors (Lipinski definition) is 1. The lowest BCUT2D eigenvalue weighted by Crippen LogP contribution is -2.34. The van der Waals surface area contributed by atoms with Crippen molar-refractivity contribution in [3.63, 3.8) is 0 Å². The summed E-state index contributed by atoms with van der Waals surface area (Å²) in [4.78, 5) is 14.3. The van der Waals surface area contributed by atoms with Crippen molar-refractivity contribution >= 4 is 16.9 Å². The fourth-order valence-electron chi connectivity index (χ4n) is 3.12. The molecule has 1 aromatic heterocycles. The van der Waals surface area contributed by atoms with Crippen LogP contribution in [-0.4, -0.2) is 23.9 Å².